The molecule has 3 nitrogen and oxygen atoms in total. The van der Waals surface area contributed by atoms with Crippen LogP contribution in [0.25, 0.3) is 0 Å². The first kappa shape index (κ1) is 3.03. The molecular weight excluding hydrogens is 193 g/mol. The van der Waals surface area contributed by atoms with E-state index >= 15 is 0 Å². The van der Waals surface area contributed by atoms with E-state index in [2.05, 4.69) is 0 Å². The van der Waals surface area contributed by atoms with Gasteiger partial charge in [0.15, 0.2) is 0 Å². The molecule has 5 heavy (non-hydrogen) atoms. The third-order valence-electron chi connectivity index (χ3n) is 0.667. The van der Waals surface area contributed by atoms with Gasteiger partial charge in [0.25, 0.3) is 0 Å². The summed E-state index contributed by atoms with van der Waals surface area (Å²) in [6.07, 6.45) is 0. The summed E-state index contributed by atoms with van der Waals surface area (Å²) in [6.45, 7) is 0. The third kappa shape index (κ3) is 0.260. The minimum atomic E-state index is -1.60. The fraction of sp³-hybridized carbons (Fsp3) is 0. The van der Waals surface area contributed by atoms with Crippen LogP contribution in [0.5, 0.6) is 0 Å². The van der Waals surface area contributed by atoms with E-state index in [-0.39, 0.29) is 0 Å². The Hall–Kier alpha value is 0.966. The van der Waals surface area contributed by atoms with Crippen molar-refractivity contribution in [1.82, 2.24) is 0 Å². The van der Waals surface area contributed by atoms with E-state index in [0.29, 0.717) is 0 Å². The van der Waals surface area contributed by atoms with Crippen molar-refractivity contribution in [2.24, 2.45) is 0 Å². The summed E-state index contributed by atoms with van der Waals surface area (Å²) in [5.41, 5.74) is 0. The summed E-state index contributed by atoms with van der Waals surface area (Å²) in [5, 5.41) is 0. The quantitative estimate of drug-likeness (QED) is 0.440. The van der Waals surface area contributed by atoms with Crippen molar-refractivity contribution in [3.8, 4) is 0 Å². The van der Waals surface area contributed by atoms with Gasteiger partial charge in [-0.15, -0.1) is 0 Å². The SMILES string of the molecule is [O]1[GeH]2[O][GeH]1[O]2. The maximum atomic E-state index is 4.96. The second-order valence-corrected chi connectivity index (χ2v) is 14.0. The van der Waals surface area contributed by atoms with Crippen molar-refractivity contribution >= 4 is 30.7 Å². The van der Waals surface area contributed by atoms with E-state index in [4.69, 9.17) is 8.37 Å². The third-order valence-corrected chi connectivity index (χ3v) is 18.0. The molecule has 0 aliphatic carbocycles. The number of rotatable bonds is 0. The molecule has 2 bridgehead atoms. The van der Waals surface area contributed by atoms with Crippen molar-refractivity contribution in [3.05, 3.63) is 0 Å². The molecule has 0 aromatic rings. The average molecular weight is 195 g/mol. The van der Waals surface area contributed by atoms with Crippen LogP contribution >= 0.6 is 0 Å². The predicted octanol–water partition coefficient (Wildman–Crippen LogP) is -1.50. The predicted molar refractivity (Wildman–Crippen MR) is 17.6 cm³/mol. The van der Waals surface area contributed by atoms with Crippen LogP contribution in [0, 0.1) is 0 Å². The molecule has 3 aliphatic heterocycles. The first-order chi connectivity index (χ1) is 2.45. The van der Waals surface area contributed by atoms with Gasteiger partial charge in [0, 0.05) is 0 Å². The summed E-state index contributed by atoms with van der Waals surface area (Å²) >= 11 is -3.21. The first-order valence-electron chi connectivity index (χ1n) is 1.41. The zero-order chi connectivity index (χ0) is 3.28. The summed E-state index contributed by atoms with van der Waals surface area (Å²) in [6, 6.07) is 0. The van der Waals surface area contributed by atoms with Gasteiger partial charge >= 0.3 is 39.1 Å². The standard InChI is InChI=1S/Ge2H2O3/c3-1-4-2(3)5-1/h1-2H. The second-order valence-electron chi connectivity index (χ2n) is 0.986. The van der Waals surface area contributed by atoms with Gasteiger partial charge in [-0.25, -0.2) is 0 Å². The van der Waals surface area contributed by atoms with E-state index in [0.717, 1.165) is 0 Å². The van der Waals surface area contributed by atoms with E-state index in [1.54, 1.807) is 0 Å². The molecular formula is H2Ge2O3. The van der Waals surface area contributed by atoms with Gasteiger partial charge in [-0.05, 0) is 0 Å². The molecule has 3 rings (SSSR count). The molecule has 0 saturated carbocycles. The number of hydrogen-bond acceptors (Lipinski definition) is 3. The van der Waals surface area contributed by atoms with Crippen molar-refractivity contribution in [2.45, 2.75) is 0 Å². The molecule has 3 saturated heterocycles. The van der Waals surface area contributed by atoms with Crippen LogP contribution in [-0.4, -0.2) is 30.7 Å². The van der Waals surface area contributed by atoms with E-state index in [9.17, 15) is 0 Å². The fourth-order valence-electron chi connectivity index (χ4n) is 0.303. The molecule has 0 amide bonds. The Morgan fingerprint density at radius 2 is 1.00 bits per heavy atom. The number of hydrogen-bond donors (Lipinski definition) is 0. The molecule has 3 fully saturated rings. The van der Waals surface area contributed by atoms with Crippen LogP contribution in [0.15, 0.2) is 0 Å². The van der Waals surface area contributed by atoms with Gasteiger partial charge in [0.1, 0.15) is 0 Å². The Morgan fingerprint density at radius 1 is 0.800 bits per heavy atom. The summed E-state index contributed by atoms with van der Waals surface area (Å²) in [5.74, 6) is 0. The zero-order valence-corrected chi connectivity index (χ0v) is 7.22. The summed E-state index contributed by atoms with van der Waals surface area (Å²) < 4.78 is 14.9. The normalized spacial score (nSPS) is 57.6. The second kappa shape index (κ2) is 0.786. The molecule has 3 aliphatic rings. The Morgan fingerprint density at radius 3 is 1.00 bits per heavy atom. The van der Waals surface area contributed by atoms with Crippen molar-refractivity contribution < 1.29 is 8.37 Å². The molecule has 0 atom stereocenters. The fourth-order valence-corrected chi connectivity index (χ4v) is 8.17. The van der Waals surface area contributed by atoms with Crippen LogP contribution in [0.4, 0.5) is 0 Å². The molecule has 28 valence electrons. The van der Waals surface area contributed by atoms with E-state index in [1.807, 2.05) is 0 Å². The van der Waals surface area contributed by atoms with Crippen molar-refractivity contribution in [3.63, 3.8) is 0 Å². The Labute approximate surface area is 39.5 Å². The average Bonchev–Trinajstić information content (AvgIpc) is 0.592. The monoisotopic (exact) mass is 198 g/mol. The zero-order valence-electron chi connectivity index (χ0n) is 2.38. The van der Waals surface area contributed by atoms with Crippen LogP contribution in [0.2, 0.25) is 0 Å². The van der Waals surface area contributed by atoms with Crippen LogP contribution in [-0.2, 0) is 8.37 Å². The Kier molecular flexibility index (Phi) is 0.477. The van der Waals surface area contributed by atoms with Gasteiger partial charge in [-0.2, -0.15) is 0 Å². The van der Waals surface area contributed by atoms with Crippen molar-refractivity contribution in [1.29, 1.82) is 0 Å². The van der Waals surface area contributed by atoms with Crippen LogP contribution in [0.1, 0.15) is 0 Å². The first-order valence-corrected chi connectivity index (χ1v) is 7.35. The van der Waals surface area contributed by atoms with Gasteiger partial charge in [-0.3, -0.25) is 0 Å². The molecule has 0 aromatic heterocycles. The molecule has 0 N–H and O–H groups in total. The Bertz CT molecular complexity index is 41.6. The Balaban J connectivity index is 2.19. The molecule has 0 radical (unpaired) electrons. The molecule has 3 heterocycles. The van der Waals surface area contributed by atoms with Gasteiger partial charge in [-0.1, -0.05) is 0 Å². The van der Waals surface area contributed by atoms with Crippen molar-refractivity contribution in [2.75, 3.05) is 0 Å². The molecule has 0 spiro atoms. The van der Waals surface area contributed by atoms with Gasteiger partial charge in [0.2, 0.25) is 0 Å². The molecule has 0 aromatic carbocycles. The minimum absolute atomic E-state index is 1.60. The van der Waals surface area contributed by atoms with Crippen LogP contribution < -0.4 is 0 Å². The summed E-state index contributed by atoms with van der Waals surface area (Å²) in [7, 11) is 0. The topological polar surface area (TPSA) is 27.7 Å². The van der Waals surface area contributed by atoms with E-state index in [1.165, 1.54) is 0 Å². The van der Waals surface area contributed by atoms with Gasteiger partial charge in [0.05, 0.1) is 0 Å². The molecule has 0 unspecified atom stereocenters. The summed E-state index contributed by atoms with van der Waals surface area (Å²) in [4.78, 5) is 0. The maximum absolute atomic E-state index is 4.96. The van der Waals surface area contributed by atoms with Gasteiger partial charge < -0.3 is 0 Å². The molecule has 5 heteroatoms. The van der Waals surface area contributed by atoms with Crippen LogP contribution in [0.3, 0.4) is 0 Å². The van der Waals surface area contributed by atoms with E-state index < -0.39 is 30.7 Å².